The Morgan fingerprint density at radius 3 is 1.34 bits per heavy atom. The molecule has 53 heavy (non-hydrogen) atoms. The molecule has 0 radical (unpaired) electrons. The maximum atomic E-state index is 5.02. The van der Waals surface area contributed by atoms with E-state index < -0.39 is 0 Å². The van der Waals surface area contributed by atoms with E-state index in [9.17, 15) is 0 Å². The molecule has 3 heterocycles. The molecule has 3 aromatic heterocycles. The molecule has 1 aliphatic rings. The summed E-state index contributed by atoms with van der Waals surface area (Å²) < 4.78 is 0. The van der Waals surface area contributed by atoms with Crippen LogP contribution in [0, 0.1) is 0 Å². The minimum Gasteiger partial charge on any atom is -0.265 e. The lowest BCUT2D eigenvalue weighted by Gasteiger charge is -2.24. The summed E-state index contributed by atoms with van der Waals surface area (Å²) in [6.07, 6.45) is 7.05. The first-order valence-corrected chi connectivity index (χ1v) is 17.9. The first-order chi connectivity index (χ1) is 26.0. The Balaban J connectivity index is 1.21. The van der Waals surface area contributed by atoms with Gasteiger partial charge in [0.25, 0.3) is 0 Å². The third-order valence-electron chi connectivity index (χ3n) is 10.7. The molecule has 0 aliphatic heterocycles. The predicted octanol–water partition coefficient (Wildman–Crippen LogP) is 11.6. The van der Waals surface area contributed by atoms with Crippen LogP contribution in [0.25, 0.3) is 89.1 Å². The lowest BCUT2D eigenvalue weighted by Crippen LogP contribution is -2.15. The van der Waals surface area contributed by atoms with Crippen molar-refractivity contribution in [2.75, 3.05) is 0 Å². The van der Waals surface area contributed by atoms with Crippen LogP contribution < -0.4 is 0 Å². The second kappa shape index (κ2) is 12.1. The third-order valence-corrected chi connectivity index (χ3v) is 10.7. The van der Waals surface area contributed by atoms with Crippen LogP contribution in [-0.2, 0) is 5.41 Å². The summed E-state index contributed by atoms with van der Waals surface area (Å²) in [5.41, 5.74) is 12.5. The molecule has 0 amide bonds. The van der Waals surface area contributed by atoms with Crippen LogP contribution in [0.5, 0.6) is 0 Å². The van der Waals surface area contributed by atoms with Crippen LogP contribution in [0.2, 0.25) is 0 Å². The van der Waals surface area contributed by atoms with E-state index in [4.69, 9.17) is 15.0 Å². The highest BCUT2D eigenvalue weighted by Crippen LogP contribution is 2.53. The van der Waals surface area contributed by atoms with Crippen LogP contribution in [-0.4, -0.2) is 24.9 Å². The Kier molecular flexibility index (Phi) is 7.08. The molecule has 5 heteroatoms. The van der Waals surface area contributed by atoms with E-state index in [1.807, 2.05) is 24.3 Å². The van der Waals surface area contributed by atoms with Crippen molar-refractivity contribution in [2.45, 2.75) is 19.3 Å². The van der Waals surface area contributed by atoms with Gasteiger partial charge >= 0.3 is 0 Å². The Bertz CT molecular complexity index is 2780. The Hall–Kier alpha value is -6.85. The molecule has 0 bridgehead atoms. The first-order valence-electron chi connectivity index (χ1n) is 17.9. The number of aromatic nitrogens is 5. The Labute approximate surface area is 307 Å². The zero-order chi connectivity index (χ0) is 35.5. The summed E-state index contributed by atoms with van der Waals surface area (Å²) in [5, 5.41) is 5.02. The van der Waals surface area contributed by atoms with Gasteiger partial charge in [-0.25, -0.2) is 15.0 Å². The van der Waals surface area contributed by atoms with Gasteiger partial charge in [0.15, 0.2) is 17.5 Å². The summed E-state index contributed by atoms with van der Waals surface area (Å²) in [6.45, 7) is 4.68. The maximum absolute atomic E-state index is 5.02. The fraction of sp³-hybridized carbons (Fsp3) is 0.0625. The van der Waals surface area contributed by atoms with Gasteiger partial charge in [-0.3, -0.25) is 9.97 Å². The molecule has 10 rings (SSSR count). The molecule has 9 aromatic rings. The minimum atomic E-state index is -0.281. The second-order valence-electron chi connectivity index (χ2n) is 14.1. The number of benzene rings is 6. The summed E-state index contributed by atoms with van der Waals surface area (Å²) in [5.74, 6) is 1.84. The van der Waals surface area contributed by atoms with Gasteiger partial charge in [0.05, 0.1) is 0 Å². The van der Waals surface area contributed by atoms with Gasteiger partial charge in [-0.2, -0.15) is 0 Å². The predicted molar refractivity (Wildman–Crippen MR) is 215 cm³/mol. The van der Waals surface area contributed by atoms with Crippen molar-refractivity contribution in [2.24, 2.45) is 0 Å². The number of nitrogens with zero attached hydrogens (tertiary/aromatic N) is 5. The molecular weight excluding hydrogens is 647 g/mol. The lowest BCUT2D eigenvalue weighted by atomic mass is 9.79. The minimum absolute atomic E-state index is 0.281. The van der Waals surface area contributed by atoms with Crippen molar-refractivity contribution in [1.82, 2.24) is 24.9 Å². The van der Waals surface area contributed by atoms with Crippen LogP contribution in [0.4, 0.5) is 0 Å². The second-order valence-corrected chi connectivity index (χ2v) is 14.1. The average molecular weight is 680 g/mol. The average Bonchev–Trinajstić information content (AvgIpc) is 3.44. The molecule has 0 N–H and O–H groups in total. The monoisotopic (exact) mass is 679 g/mol. The number of hydrogen-bond donors (Lipinski definition) is 0. The highest BCUT2D eigenvalue weighted by Gasteiger charge is 2.37. The molecular formula is C48H33N5. The fourth-order valence-corrected chi connectivity index (χ4v) is 8.14. The van der Waals surface area contributed by atoms with Crippen LogP contribution in [0.3, 0.4) is 0 Å². The van der Waals surface area contributed by atoms with Gasteiger partial charge in [0.2, 0.25) is 0 Å². The van der Waals surface area contributed by atoms with Gasteiger partial charge in [-0.1, -0.05) is 111 Å². The van der Waals surface area contributed by atoms with E-state index in [0.717, 1.165) is 16.7 Å². The molecule has 6 aromatic carbocycles. The molecule has 0 unspecified atom stereocenters. The van der Waals surface area contributed by atoms with Crippen LogP contribution >= 0.6 is 0 Å². The molecule has 0 fully saturated rings. The molecule has 1 aliphatic carbocycles. The Morgan fingerprint density at radius 1 is 0.358 bits per heavy atom. The third kappa shape index (κ3) is 5.04. The molecule has 250 valence electrons. The number of pyridine rings is 2. The standard InChI is InChI=1S/C48H33N5/c1-48(2)41-27-34(47-52-45(32-19-23-49-24-20-32)51-46(53-47)33-21-25-50-26-22-33)17-18-35(41)38-28-39-40(29-42(38)48)44(31-13-7-4-8-14-31)37-16-10-9-15-36(37)43(39)30-11-5-3-6-12-30/h3-29H,1-2H3. The van der Waals surface area contributed by atoms with Gasteiger partial charge in [-0.05, 0) is 109 Å². The number of rotatable bonds is 5. The summed E-state index contributed by atoms with van der Waals surface area (Å²) in [4.78, 5) is 23.3. The van der Waals surface area contributed by atoms with Gasteiger partial charge < -0.3 is 0 Å². The lowest BCUT2D eigenvalue weighted by molar-refractivity contribution is 0.661. The van der Waals surface area contributed by atoms with Crippen molar-refractivity contribution in [3.05, 3.63) is 175 Å². The van der Waals surface area contributed by atoms with Gasteiger partial charge in [0.1, 0.15) is 0 Å². The molecule has 5 nitrogen and oxygen atoms in total. The van der Waals surface area contributed by atoms with Gasteiger partial charge in [0, 0.05) is 46.9 Å². The number of fused-ring (bicyclic) bond motifs is 5. The fourth-order valence-electron chi connectivity index (χ4n) is 8.14. The van der Waals surface area contributed by atoms with Crippen molar-refractivity contribution in [3.8, 4) is 67.5 Å². The highest BCUT2D eigenvalue weighted by molar-refractivity contribution is 6.22. The van der Waals surface area contributed by atoms with E-state index in [1.165, 1.54) is 66.1 Å². The zero-order valence-corrected chi connectivity index (χ0v) is 29.3. The van der Waals surface area contributed by atoms with E-state index >= 15 is 0 Å². The SMILES string of the molecule is CC1(C)c2cc(-c3nc(-c4ccncc4)nc(-c4ccncc4)n3)ccc2-c2cc3c(-c4ccccc4)c4ccccc4c(-c4ccccc4)c3cc21. The van der Waals surface area contributed by atoms with Crippen molar-refractivity contribution in [3.63, 3.8) is 0 Å². The zero-order valence-electron chi connectivity index (χ0n) is 29.3. The molecule has 0 saturated heterocycles. The maximum Gasteiger partial charge on any atom is 0.164 e. The normalized spacial score (nSPS) is 12.9. The summed E-state index contributed by atoms with van der Waals surface area (Å²) in [7, 11) is 0. The van der Waals surface area contributed by atoms with Crippen LogP contribution in [0.15, 0.2) is 164 Å². The van der Waals surface area contributed by atoms with Crippen LogP contribution in [0.1, 0.15) is 25.0 Å². The van der Waals surface area contributed by atoms with E-state index in [2.05, 4.69) is 139 Å². The van der Waals surface area contributed by atoms with E-state index in [0.29, 0.717) is 17.5 Å². The van der Waals surface area contributed by atoms with E-state index in [1.54, 1.807) is 24.8 Å². The van der Waals surface area contributed by atoms with Crippen molar-refractivity contribution in [1.29, 1.82) is 0 Å². The van der Waals surface area contributed by atoms with E-state index in [-0.39, 0.29) is 5.41 Å². The molecule has 0 atom stereocenters. The molecule has 0 saturated carbocycles. The quantitative estimate of drug-likeness (QED) is 0.169. The summed E-state index contributed by atoms with van der Waals surface area (Å²) >= 11 is 0. The molecule has 0 spiro atoms. The Morgan fingerprint density at radius 2 is 0.811 bits per heavy atom. The summed E-state index contributed by atoms with van der Waals surface area (Å²) in [6, 6.07) is 49.9. The van der Waals surface area contributed by atoms with Crippen molar-refractivity contribution >= 4 is 21.5 Å². The largest absolute Gasteiger partial charge is 0.265 e. The highest BCUT2D eigenvalue weighted by atomic mass is 15.0. The van der Waals surface area contributed by atoms with Crippen molar-refractivity contribution < 1.29 is 0 Å². The smallest absolute Gasteiger partial charge is 0.164 e. The number of hydrogen-bond acceptors (Lipinski definition) is 5. The van der Waals surface area contributed by atoms with Gasteiger partial charge in [-0.15, -0.1) is 0 Å². The first kappa shape index (κ1) is 30.9. The topological polar surface area (TPSA) is 64.5 Å².